The number of fused-ring (bicyclic) bond motifs is 1. The number of piperazine rings is 1. The second-order valence-electron chi connectivity index (χ2n) is 15.5. The van der Waals surface area contributed by atoms with Crippen LogP contribution in [0.5, 0.6) is 0 Å². The van der Waals surface area contributed by atoms with Crippen molar-refractivity contribution in [2.24, 2.45) is 5.92 Å². The maximum atomic E-state index is 13.4. The number of piperidine rings is 1. The third-order valence-electron chi connectivity index (χ3n) is 12.0. The minimum Gasteiger partial charge on any atom is -0.396 e. The fraction of sp³-hybridized carbons (Fsp3) is 0.500. The van der Waals surface area contributed by atoms with Gasteiger partial charge in [0.15, 0.2) is 5.82 Å². The van der Waals surface area contributed by atoms with Crippen molar-refractivity contribution in [3.05, 3.63) is 71.4 Å². The molecule has 3 saturated heterocycles. The maximum Gasteiger partial charge on any atom is 0.416 e. The topological polar surface area (TPSA) is 152 Å². The van der Waals surface area contributed by atoms with E-state index in [1.165, 1.54) is 17.0 Å². The summed E-state index contributed by atoms with van der Waals surface area (Å²) in [5.41, 5.74) is 2.44. The first-order valence-corrected chi connectivity index (χ1v) is 19.8. The number of hydrogen-bond donors (Lipinski definition) is 3. The molecule has 2 aromatic heterocycles. The smallest absolute Gasteiger partial charge is 0.396 e. The number of nitrogens with one attached hydrogen (secondary N) is 2. The molecule has 17 heteroatoms. The molecule has 0 bridgehead atoms. The van der Waals surface area contributed by atoms with Gasteiger partial charge in [-0.3, -0.25) is 34.9 Å². The van der Waals surface area contributed by atoms with Crippen LogP contribution in [0.25, 0.3) is 11.0 Å². The van der Waals surface area contributed by atoms with Crippen molar-refractivity contribution >= 4 is 46.3 Å². The maximum absolute atomic E-state index is 13.4. The molecule has 0 unspecified atom stereocenters. The molecule has 302 valence electrons. The van der Waals surface area contributed by atoms with E-state index in [0.29, 0.717) is 29.9 Å². The molecule has 1 saturated carbocycles. The van der Waals surface area contributed by atoms with Gasteiger partial charge in [0.25, 0.3) is 5.91 Å². The molecule has 2 aromatic carbocycles. The van der Waals surface area contributed by atoms with Crippen LogP contribution in [0.15, 0.2) is 54.6 Å². The van der Waals surface area contributed by atoms with Crippen LogP contribution in [0.1, 0.15) is 72.6 Å². The number of aliphatic hydroxyl groups is 1. The quantitative estimate of drug-likeness (QED) is 0.210. The molecule has 0 radical (unpaired) electrons. The van der Waals surface area contributed by atoms with Gasteiger partial charge in [-0.1, -0.05) is 6.07 Å². The van der Waals surface area contributed by atoms with Gasteiger partial charge in [-0.2, -0.15) is 18.3 Å². The number of aromatic nitrogens is 4. The number of imidazole rings is 1. The van der Waals surface area contributed by atoms with Crippen molar-refractivity contribution < 1.29 is 32.7 Å². The second-order valence-corrected chi connectivity index (χ2v) is 15.5. The van der Waals surface area contributed by atoms with E-state index in [4.69, 9.17) is 4.98 Å². The van der Waals surface area contributed by atoms with Gasteiger partial charge in [0.2, 0.25) is 11.9 Å². The number of hydrogen-bond acceptors (Lipinski definition) is 10. The van der Waals surface area contributed by atoms with Crippen LogP contribution in [0, 0.1) is 5.92 Å². The Labute approximate surface area is 328 Å². The van der Waals surface area contributed by atoms with Gasteiger partial charge in [0, 0.05) is 88.7 Å². The third-order valence-corrected chi connectivity index (χ3v) is 12.0. The summed E-state index contributed by atoms with van der Waals surface area (Å²) < 4.78 is 42.3. The van der Waals surface area contributed by atoms with Crippen LogP contribution in [-0.4, -0.2) is 111 Å². The Bertz CT molecular complexity index is 2090. The molecule has 3 N–H and O–H groups in total. The summed E-state index contributed by atoms with van der Waals surface area (Å²) in [6, 6.07) is 14.3. The number of amides is 4. The molecule has 4 amide bonds. The summed E-state index contributed by atoms with van der Waals surface area (Å²) in [5.74, 6) is 0.0199. The average Bonchev–Trinajstić information content (AvgIpc) is 3.58. The lowest BCUT2D eigenvalue weighted by atomic mass is 9.86. The minimum atomic E-state index is -4.57. The largest absolute Gasteiger partial charge is 0.416 e. The van der Waals surface area contributed by atoms with Crippen molar-refractivity contribution in [3.63, 3.8) is 0 Å². The Balaban J connectivity index is 0.887. The fourth-order valence-electron chi connectivity index (χ4n) is 8.72. The number of carbonyl (C=O) groups is 3. The van der Waals surface area contributed by atoms with Gasteiger partial charge in [0.1, 0.15) is 0 Å². The van der Waals surface area contributed by atoms with E-state index in [1.807, 2.05) is 22.8 Å². The average molecular weight is 789 g/mol. The van der Waals surface area contributed by atoms with E-state index in [0.717, 1.165) is 107 Å². The summed E-state index contributed by atoms with van der Waals surface area (Å²) in [4.78, 5) is 50.6. The number of carbonyl (C=O) groups excluding carboxylic acids is 3. The predicted molar refractivity (Wildman–Crippen MR) is 207 cm³/mol. The first kappa shape index (κ1) is 38.7. The number of imide groups is 1. The van der Waals surface area contributed by atoms with Gasteiger partial charge in [-0.05, 0) is 93.0 Å². The number of likely N-dealkylation sites (tertiary alicyclic amines) is 1. The Morgan fingerprint density at radius 2 is 1.63 bits per heavy atom. The zero-order chi connectivity index (χ0) is 39.7. The molecule has 4 aromatic rings. The minimum absolute atomic E-state index is 0.0205. The molecular weight excluding hydrogens is 741 g/mol. The number of anilines is 3. The van der Waals surface area contributed by atoms with Crippen LogP contribution in [0.2, 0.25) is 0 Å². The summed E-state index contributed by atoms with van der Waals surface area (Å²) in [6.45, 7) is 6.53. The van der Waals surface area contributed by atoms with Gasteiger partial charge in [-0.25, -0.2) is 9.78 Å². The van der Waals surface area contributed by atoms with E-state index in [1.54, 1.807) is 6.07 Å². The highest BCUT2D eigenvalue weighted by molar-refractivity contribution is 6.05. The summed E-state index contributed by atoms with van der Waals surface area (Å²) in [7, 11) is 0. The number of urea groups is 1. The number of nitrogens with zero attached hydrogens (tertiary/aromatic N) is 8. The lowest BCUT2D eigenvalue weighted by Crippen LogP contribution is -2.53. The Hall–Kier alpha value is -5.13. The van der Waals surface area contributed by atoms with E-state index in [2.05, 4.69) is 41.6 Å². The van der Waals surface area contributed by atoms with Crippen LogP contribution in [-0.2, 0) is 17.5 Å². The highest BCUT2D eigenvalue weighted by Crippen LogP contribution is 2.38. The monoisotopic (exact) mass is 788 g/mol. The summed E-state index contributed by atoms with van der Waals surface area (Å²) in [5, 5.41) is 23.5. The lowest BCUT2D eigenvalue weighted by molar-refractivity contribution is -0.137. The number of aliphatic hydroxyl groups excluding tert-OH is 1. The van der Waals surface area contributed by atoms with E-state index in [9.17, 15) is 32.7 Å². The van der Waals surface area contributed by atoms with Gasteiger partial charge < -0.3 is 14.6 Å². The van der Waals surface area contributed by atoms with E-state index < -0.39 is 23.7 Å². The normalized spacial score (nSPS) is 21.9. The molecule has 57 heavy (non-hydrogen) atoms. The first-order valence-electron chi connectivity index (χ1n) is 19.8. The molecule has 0 spiro atoms. The van der Waals surface area contributed by atoms with E-state index in [-0.39, 0.29) is 43.0 Å². The van der Waals surface area contributed by atoms with Crippen LogP contribution in [0.3, 0.4) is 0 Å². The number of benzene rings is 2. The van der Waals surface area contributed by atoms with Crippen LogP contribution >= 0.6 is 0 Å². The SMILES string of the molecule is O=C1CCN(c2ccc(CN3CCC(N4CCN(c5ccc6c(c5)nc(NC(=O)c5cccc(C(F)(F)F)c5)n6C5CCC(CO)CC5)CC4)CC3)nn2)C(=O)N1. The Morgan fingerprint density at radius 1 is 0.860 bits per heavy atom. The Morgan fingerprint density at radius 3 is 2.32 bits per heavy atom. The van der Waals surface area contributed by atoms with Gasteiger partial charge in [-0.15, -0.1) is 5.10 Å². The third kappa shape index (κ3) is 8.60. The lowest BCUT2D eigenvalue weighted by Gasteiger charge is -2.43. The van der Waals surface area contributed by atoms with Crippen molar-refractivity contribution in [1.82, 2.24) is 34.9 Å². The zero-order valence-electron chi connectivity index (χ0n) is 31.6. The molecular formula is C40H47F3N10O4. The molecule has 14 nitrogen and oxygen atoms in total. The molecule has 0 atom stereocenters. The highest BCUT2D eigenvalue weighted by atomic mass is 19.4. The molecule has 4 fully saturated rings. The molecule has 4 aliphatic rings. The second kappa shape index (κ2) is 16.4. The standard InChI is InChI=1S/C40H47F3N10O4/c41-40(42,43)28-3-1-2-27(22-28)37(56)46-38-44-33-23-32(9-10-34(33)53(38)31-7-4-26(25-54)5-8-31)51-20-18-50(19-21-51)30-12-15-49(16-13-30)24-29-6-11-35(48-47-29)52-17-14-36(55)45-39(52)57/h1-3,6,9-11,22-23,26,30-31,54H,4-5,7-8,12-21,24-25H2,(H,44,46,56)(H,45,55,57). The fourth-order valence-corrected chi connectivity index (χ4v) is 8.72. The number of rotatable bonds is 9. The first-order chi connectivity index (χ1) is 27.5. The van der Waals surface area contributed by atoms with Gasteiger partial charge in [0.05, 0.1) is 22.3 Å². The van der Waals surface area contributed by atoms with Crippen molar-refractivity contribution in [3.8, 4) is 0 Å². The zero-order valence-corrected chi connectivity index (χ0v) is 31.6. The molecule has 5 heterocycles. The van der Waals surface area contributed by atoms with Crippen molar-refractivity contribution in [2.45, 2.75) is 69.8 Å². The van der Waals surface area contributed by atoms with Crippen LogP contribution in [0.4, 0.5) is 35.4 Å². The van der Waals surface area contributed by atoms with Crippen molar-refractivity contribution in [1.29, 1.82) is 0 Å². The molecule has 8 rings (SSSR count). The van der Waals surface area contributed by atoms with Gasteiger partial charge >= 0.3 is 12.2 Å². The summed E-state index contributed by atoms with van der Waals surface area (Å²) >= 11 is 0. The van der Waals surface area contributed by atoms with Crippen LogP contribution < -0.4 is 20.4 Å². The molecule has 3 aliphatic heterocycles. The Kier molecular flexibility index (Phi) is 11.1. The number of alkyl halides is 3. The summed E-state index contributed by atoms with van der Waals surface area (Å²) in [6.07, 6.45) is 1.00. The molecule has 1 aliphatic carbocycles. The van der Waals surface area contributed by atoms with Crippen molar-refractivity contribution in [2.75, 3.05) is 67.5 Å². The van der Waals surface area contributed by atoms with E-state index >= 15 is 0 Å². The highest BCUT2D eigenvalue weighted by Gasteiger charge is 2.33. The number of halogens is 3. The predicted octanol–water partition coefficient (Wildman–Crippen LogP) is 5.05.